The summed E-state index contributed by atoms with van der Waals surface area (Å²) in [6.07, 6.45) is 4.80. The molecule has 2 heterocycles. The van der Waals surface area contributed by atoms with E-state index in [2.05, 4.69) is 20.6 Å². The van der Waals surface area contributed by atoms with Crippen LogP contribution in [0.3, 0.4) is 0 Å². The van der Waals surface area contributed by atoms with E-state index in [0.29, 0.717) is 11.8 Å². The van der Waals surface area contributed by atoms with Crippen molar-refractivity contribution in [1.82, 2.24) is 9.97 Å². The fraction of sp³-hybridized carbons (Fsp3) is 0.714. The maximum Gasteiger partial charge on any atom is 0.136 e. The van der Waals surface area contributed by atoms with E-state index >= 15 is 0 Å². The van der Waals surface area contributed by atoms with Gasteiger partial charge in [-0.15, -0.1) is 0 Å². The zero-order valence-electron chi connectivity index (χ0n) is 11.5. The number of aromatic nitrogens is 2. The van der Waals surface area contributed by atoms with E-state index in [1.165, 1.54) is 19.3 Å². The predicted molar refractivity (Wildman–Crippen MR) is 75.6 cm³/mol. The first kappa shape index (κ1) is 12.7. The molecular weight excluding hydrogens is 240 g/mol. The Hall–Kier alpha value is -1.36. The minimum atomic E-state index is 0.581. The van der Waals surface area contributed by atoms with Crippen LogP contribution < -0.4 is 10.6 Å². The number of ether oxygens (including phenoxy) is 1. The molecule has 19 heavy (non-hydrogen) atoms. The fourth-order valence-corrected chi connectivity index (χ4v) is 2.42. The summed E-state index contributed by atoms with van der Waals surface area (Å²) in [6.45, 7) is 2.80. The quantitative estimate of drug-likeness (QED) is 0.823. The molecule has 1 saturated heterocycles. The van der Waals surface area contributed by atoms with Gasteiger partial charge in [0.05, 0.1) is 0 Å². The average Bonchev–Trinajstić information content (AvgIpc) is 3.17. The Morgan fingerprint density at radius 3 is 2.79 bits per heavy atom. The Kier molecular flexibility index (Phi) is 3.82. The van der Waals surface area contributed by atoms with Crippen LogP contribution in [0.25, 0.3) is 0 Å². The third-order valence-electron chi connectivity index (χ3n) is 3.82. The lowest BCUT2D eigenvalue weighted by atomic mass is 10.1. The van der Waals surface area contributed by atoms with Gasteiger partial charge in [-0.1, -0.05) is 0 Å². The summed E-state index contributed by atoms with van der Waals surface area (Å²) in [5.41, 5.74) is 0. The van der Waals surface area contributed by atoms with Crippen molar-refractivity contribution >= 4 is 11.6 Å². The number of hydrogen-bond donors (Lipinski definition) is 2. The Labute approximate surface area is 114 Å². The van der Waals surface area contributed by atoms with E-state index in [-0.39, 0.29) is 0 Å². The Morgan fingerprint density at radius 2 is 2.11 bits per heavy atom. The molecule has 104 valence electrons. The third kappa shape index (κ3) is 3.35. The summed E-state index contributed by atoms with van der Waals surface area (Å²) in [4.78, 5) is 9.13. The van der Waals surface area contributed by atoms with Gasteiger partial charge in [-0.2, -0.15) is 0 Å². The molecule has 0 spiro atoms. The smallest absolute Gasteiger partial charge is 0.136 e. The van der Waals surface area contributed by atoms with Crippen LogP contribution in [-0.2, 0) is 4.74 Å². The van der Waals surface area contributed by atoms with E-state index in [9.17, 15) is 0 Å². The molecular formula is C14H22N4O. The van der Waals surface area contributed by atoms with Crippen molar-refractivity contribution in [3.8, 4) is 0 Å². The van der Waals surface area contributed by atoms with Gasteiger partial charge in [0.1, 0.15) is 17.5 Å². The molecule has 1 aromatic rings. The summed E-state index contributed by atoms with van der Waals surface area (Å²) in [5, 5.41) is 6.53. The van der Waals surface area contributed by atoms with Gasteiger partial charge in [-0.05, 0) is 31.6 Å². The van der Waals surface area contributed by atoms with E-state index in [4.69, 9.17) is 4.74 Å². The standard InChI is InChI=1S/C14H22N4O/c1-15-12-8-13(18-14(17-12)11-2-3-11)16-6-4-10-5-7-19-9-10/h8,10-11H,2-7,9H2,1H3,(H2,15,16,17,18). The van der Waals surface area contributed by atoms with Crippen molar-refractivity contribution in [3.05, 3.63) is 11.9 Å². The number of anilines is 2. The van der Waals surface area contributed by atoms with Crippen molar-refractivity contribution in [2.75, 3.05) is 37.4 Å². The number of hydrogen-bond acceptors (Lipinski definition) is 5. The van der Waals surface area contributed by atoms with E-state index in [0.717, 1.165) is 43.6 Å². The highest BCUT2D eigenvalue weighted by Crippen LogP contribution is 2.38. The molecule has 0 aromatic carbocycles. The zero-order valence-corrected chi connectivity index (χ0v) is 11.5. The van der Waals surface area contributed by atoms with Gasteiger partial charge in [0.15, 0.2) is 0 Å². The van der Waals surface area contributed by atoms with Gasteiger partial charge in [0.25, 0.3) is 0 Å². The van der Waals surface area contributed by atoms with Crippen molar-refractivity contribution in [2.24, 2.45) is 5.92 Å². The lowest BCUT2D eigenvalue weighted by Gasteiger charge is -2.11. The zero-order chi connectivity index (χ0) is 13.1. The molecule has 1 saturated carbocycles. The summed E-state index contributed by atoms with van der Waals surface area (Å²) < 4.78 is 5.39. The highest BCUT2D eigenvalue weighted by Gasteiger charge is 2.27. The molecule has 2 aliphatic rings. The van der Waals surface area contributed by atoms with Gasteiger partial charge >= 0.3 is 0 Å². The molecule has 5 nitrogen and oxygen atoms in total. The van der Waals surface area contributed by atoms with Crippen LogP contribution in [0.5, 0.6) is 0 Å². The SMILES string of the molecule is CNc1cc(NCCC2CCOC2)nc(C2CC2)n1. The lowest BCUT2D eigenvalue weighted by Crippen LogP contribution is -2.11. The second-order valence-corrected chi connectivity index (χ2v) is 5.47. The van der Waals surface area contributed by atoms with Crippen LogP contribution in [-0.4, -0.2) is 36.8 Å². The predicted octanol–water partition coefficient (Wildman–Crippen LogP) is 2.23. The van der Waals surface area contributed by atoms with E-state index < -0.39 is 0 Å². The van der Waals surface area contributed by atoms with Gasteiger partial charge in [0.2, 0.25) is 0 Å². The van der Waals surface area contributed by atoms with E-state index in [1.807, 2.05) is 13.1 Å². The molecule has 3 rings (SSSR count). The first-order chi connectivity index (χ1) is 9.35. The van der Waals surface area contributed by atoms with Gasteiger partial charge in [-0.25, -0.2) is 9.97 Å². The molecule has 0 amide bonds. The van der Waals surface area contributed by atoms with Gasteiger partial charge in [-0.3, -0.25) is 0 Å². The van der Waals surface area contributed by atoms with Crippen LogP contribution in [0.15, 0.2) is 6.07 Å². The molecule has 2 N–H and O–H groups in total. The largest absolute Gasteiger partial charge is 0.381 e. The van der Waals surface area contributed by atoms with Crippen molar-refractivity contribution in [2.45, 2.75) is 31.6 Å². The summed E-state index contributed by atoms with van der Waals surface area (Å²) >= 11 is 0. The Bertz CT molecular complexity index is 427. The average molecular weight is 262 g/mol. The maximum atomic E-state index is 5.39. The normalized spacial score (nSPS) is 22.5. The van der Waals surface area contributed by atoms with Crippen LogP contribution in [0.1, 0.15) is 37.4 Å². The molecule has 0 bridgehead atoms. The maximum absolute atomic E-state index is 5.39. The van der Waals surface area contributed by atoms with Crippen molar-refractivity contribution in [1.29, 1.82) is 0 Å². The van der Waals surface area contributed by atoms with E-state index in [1.54, 1.807) is 0 Å². The Morgan fingerprint density at radius 1 is 1.26 bits per heavy atom. The molecule has 0 radical (unpaired) electrons. The lowest BCUT2D eigenvalue weighted by molar-refractivity contribution is 0.185. The molecule has 1 atom stereocenters. The first-order valence-corrected chi connectivity index (χ1v) is 7.23. The van der Waals surface area contributed by atoms with Crippen molar-refractivity contribution in [3.63, 3.8) is 0 Å². The minimum Gasteiger partial charge on any atom is -0.381 e. The second-order valence-electron chi connectivity index (χ2n) is 5.47. The molecule has 1 aromatic heterocycles. The first-order valence-electron chi connectivity index (χ1n) is 7.23. The van der Waals surface area contributed by atoms with Crippen LogP contribution in [0, 0.1) is 5.92 Å². The molecule has 1 aliphatic carbocycles. The topological polar surface area (TPSA) is 59.1 Å². The molecule has 5 heteroatoms. The monoisotopic (exact) mass is 262 g/mol. The highest BCUT2D eigenvalue weighted by molar-refractivity contribution is 5.47. The van der Waals surface area contributed by atoms with Crippen LogP contribution in [0.4, 0.5) is 11.6 Å². The third-order valence-corrected chi connectivity index (χ3v) is 3.82. The summed E-state index contributed by atoms with van der Waals surface area (Å²) in [6, 6.07) is 1.98. The second kappa shape index (κ2) is 5.74. The van der Waals surface area contributed by atoms with Crippen molar-refractivity contribution < 1.29 is 4.74 Å². The number of nitrogens with one attached hydrogen (secondary N) is 2. The summed E-state index contributed by atoms with van der Waals surface area (Å²) in [5.74, 6) is 4.13. The highest BCUT2D eigenvalue weighted by atomic mass is 16.5. The van der Waals surface area contributed by atoms with Crippen LogP contribution in [0.2, 0.25) is 0 Å². The van der Waals surface area contributed by atoms with Crippen LogP contribution >= 0.6 is 0 Å². The van der Waals surface area contributed by atoms with Gasteiger partial charge < -0.3 is 15.4 Å². The minimum absolute atomic E-state index is 0.581. The summed E-state index contributed by atoms with van der Waals surface area (Å²) in [7, 11) is 1.90. The fourth-order valence-electron chi connectivity index (χ4n) is 2.42. The molecule has 1 aliphatic heterocycles. The number of rotatable bonds is 6. The number of nitrogens with zero attached hydrogens (tertiary/aromatic N) is 2. The molecule has 2 fully saturated rings. The van der Waals surface area contributed by atoms with Gasteiger partial charge in [0, 0.05) is 38.8 Å². The Balaban J connectivity index is 1.57. The molecule has 1 unspecified atom stereocenters.